The fourth-order valence-corrected chi connectivity index (χ4v) is 2.55. The van der Waals surface area contributed by atoms with E-state index in [1.54, 1.807) is 12.1 Å². The highest BCUT2D eigenvalue weighted by atomic mass is 31.2. The molecule has 0 unspecified atom stereocenters. The minimum Gasteiger partial charge on any atom is -0.508 e. The van der Waals surface area contributed by atoms with Gasteiger partial charge in [-0.15, -0.1) is 0 Å². The van der Waals surface area contributed by atoms with Crippen molar-refractivity contribution in [3.05, 3.63) is 35.6 Å². The number of benzene rings is 1. The predicted octanol–water partition coefficient (Wildman–Crippen LogP) is 3.77. The molecule has 2 nitrogen and oxygen atoms in total. The second kappa shape index (κ2) is 5.18. The number of hydrogen-bond donors (Lipinski definition) is 1. The molecule has 1 N–H and O–H groups in total. The first kappa shape index (κ1) is 12.1. The van der Waals surface area contributed by atoms with E-state index < -0.39 is 7.14 Å². The standard InChI is InChI=1S/C12H17O2P/c1-3-15(14,4-2)10-9-11-5-7-12(13)8-6-11/h5-10,13H,3-4H2,1-2H3/b10-9+. The van der Waals surface area contributed by atoms with E-state index in [2.05, 4.69) is 0 Å². The number of rotatable bonds is 4. The van der Waals surface area contributed by atoms with Gasteiger partial charge < -0.3 is 9.67 Å². The van der Waals surface area contributed by atoms with Gasteiger partial charge in [0.1, 0.15) is 12.9 Å². The van der Waals surface area contributed by atoms with Crippen molar-refractivity contribution in [3.8, 4) is 5.75 Å². The maximum Gasteiger partial charge on any atom is 0.115 e. The summed E-state index contributed by atoms with van der Waals surface area (Å²) in [6.07, 6.45) is 3.28. The Labute approximate surface area is 91.0 Å². The van der Waals surface area contributed by atoms with Gasteiger partial charge in [0, 0.05) is 12.3 Å². The Bertz CT molecular complexity index is 371. The predicted molar refractivity (Wildman–Crippen MR) is 65.8 cm³/mol. The van der Waals surface area contributed by atoms with E-state index in [-0.39, 0.29) is 5.75 Å². The molecule has 0 heterocycles. The largest absolute Gasteiger partial charge is 0.508 e. The normalized spacial score (nSPS) is 12.1. The van der Waals surface area contributed by atoms with Gasteiger partial charge in [0.15, 0.2) is 0 Å². The van der Waals surface area contributed by atoms with Crippen molar-refractivity contribution in [2.24, 2.45) is 0 Å². The van der Waals surface area contributed by atoms with E-state index in [1.165, 1.54) is 0 Å². The van der Waals surface area contributed by atoms with Crippen molar-refractivity contribution < 1.29 is 9.67 Å². The zero-order valence-electron chi connectivity index (χ0n) is 9.18. The summed E-state index contributed by atoms with van der Waals surface area (Å²) >= 11 is 0. The Morgan fingerprint density at radius 1 is 1.20 bits per heavy atom. The molecular formula is C12H17O2P. The molecule has 1 aromatic rings. The van der Waals surface area contributed by atoms with Crippen LogP contribution in [0.1, 0.15) is 19.4 Å². The van der Waals surface area contributed by atoms with Crippen LogP contribution in [0.15, 0.2) is 30.1 Å². The molecule has 0 spiro atoms. The van der Waals surface area contributed by atoms with E-state index >= 15 is 0 Å². The van der Waals surface area contributed by atoms with Gasteiger partial charge in [0.25, 0.3) is 0 Å². The topological polar surface area (TPSA) is 37.3 Å². The summed E-state index contributed by atoms with van der Waals surface area (Å²) in [6, 6.07) is 6.87. The third-order valence-electron chi connectivity index (χ3n) is 2.50. The van der Waals surface area contributed by atoms with E-state index in [0.717, 1.165) is 5.56 Å². The maximum atomic E-state index is 12.1. The minimum absolute atomic E-state index is 0.251. The summed E-state index contributed by atoms with van der Waals surface area (Å²) in [6.45, 7) is 3.90. The summed E-state index contributed by atoms with van der Waals surface area (Å²) in [5.41, 5.74) is 0.968. The van der Waals surface area contributed by atoms with Crippen LogP contribution in [0.5, 0.6) is 5.75 Å². The van der Waals surface area contributed by atoms with Crippen molar-refractivity contribution in [3.63, 3.8) is 0 Å². The van der Waals surface area contributed by atoms with Crippen molar-refractivity contribution in [2.45, 2.75) is 13.8 Å². The van der Waals surface area contributed by atoms with Crippen molar-refractivity contribution in [2.75, 3.05) is 12.3 Å². The van der Waals surface area contributed by atoms with Crippen LogP contribution in [0.4, 0.5) is 0 Å². The maximum absolute atomic E-state index is 12.1. The third kappa shape index (κ3) is 3.56. The summed E-state index contributed by atoms with van der Waals surface area (Å²) in [4.78, 5) is 0. The number of phenols is 1. The summed E-state index contributed by atoms with van der Waals surface area (Å²) in [7, 11) is -2.10. The van der Waals surface area contributed by atoms with Crippen LogP contribution in [0.25, 0.3) is 6.08 Å². The lowest BCUT2D eigenvalue weighted by molar-refractivity contribution is 0.475. The molecule has 0 amide bonds. The third-order valence-corrected chi connectivity index (χ3v) is 5.34. The molecular weight excluding hydrogens is 207 g/mol. The first-order chi connectivity index (χ1) is 7.09. The highest BCUT2D eigenvalue weighted by Gasteiger charge is 2.11. The number of hydrogen-bond acceptors (Lipinski definition) is 2. The second-order valence-corrected chi connectivity index (χ2v) is 6.96. The van der Waals surface area contributed by atoms with E-state index in [9.17, 15) is 4.57 Å². The molecule has 0 fully saturated rings. The zero-order valence-corrected chi connectivity index (χ0v) is 10.1. The molecule has 1 aromatic carbocycles. The molecule has 82 valence electrons. The average Bonchev–Trinajstić information content (AvgIpc) is 2.28. The minimum atomic E-state index is -2.10. The fraction of sp³-hybridized carbons (Fsp3) is 0.333. The Morgan fingerprint density at radius 2 is 1.73 bits per heavy atom. The van der Waals surface area contributed by atoms with Crippen LogP contribution in [0, 0.1) is 0 Å². The van der Waals surface area contributed by atoms with Gasteiger partial charge in [0.2, 0.25) is 0 Å². The van der Waals surface area contributed by atoms with E-state index in [4.69, 9.17) is 5.11 Å². The molecule has 0 saturated carbocycles. The van der Waals surface area contributed by atoms with Crippen LogP contribution in [-0.2, 0) is 4.57 Å². The molecule has 3 heteroatoms. The zero-order chi connectivity index (χ0) is 11.3. The molecule has 0 aromatic heterocycles. The number of phenolic OH excluding ortho intramolecular Hbond substituents is 1. The molecule has 1 rings (SSSR count). The Balaban J connectivity index is 2.81. The van der Waals surface area contributed by atoms with Gasteiger partial charge in [0.05, 0.1) is 0 Å². The summed E-state index contributed by atoms with van der Waals surface area (Å²) in [5, 5.41) is 9.10. The molecule has 0 saturated heterocycles. The molecule has 0 aliphatic heterocycles. The van der Waals surface area contributed by atoms with Crippen LogP contribution >= 0.6 is 7.14 Å². The highest BCUT2D eigenvalue weighted by Crippen LogP contribution is 2.46. The lowest BCUT2D eigenvalue weighted by Gasteiger charge is -2.07. The Hall–Kier alpha value is -1.01. The van der Waals surface area contributed by atoms with E-state index in [0.29, 0.717) is 12.3 Å². The molecule has 0 aliphatic rings. The monoisotopic (exact) mass is 224 g/mol. The SMILES string of the molecule is CCP(=O)(/C=C/c1ccc(O)cc1)CC. The Morgan fingerprint density at radius 3 is 2.20 bits per heavy atom. The van der Waals surface area contributed by atoms with Crippen molar-refractivity contribution >= 4 is 13.2 Å². The quantitative estimate of drug-likeness (QED) is 0.790. The van der Waals surface area contributed by atoms with Gasteiger partial charge in [-0.05, 0) is 23.5 Å². The first-order valence-corrected chi connectivity index (χ1v) is 7.30. The van der Waals surface area contributed by atoms with Crippen LogP contribution < -0.4 is 0 Å². The van der Waals surface area contributed by atoms with Crippen LogP contribution in [0.2, 0.25) is 0 Å². The smallest absolute Gasteiger partial charge is 0.115 e. The second-order valence-electron chi connectivity index (χ2n) is 3.49. The molecule has 15 heavy (non-hydrogen) atoms. The summed E-state index contributed by atoms with van der Waals surface area (Å²) < 4.78 is 12.1. The van der Waals surface area contributed by atoms with Crippen molar-refractivity contribution in [1.29, 1.82) is 0 Å². The molecule has 0 radical (unpaired) electrons. The van der Waals surface area contributed by atoms with Crippen molar-refractivity contribution in [1.82, 2.24) is 0 Å². The van der Waals surface area contributed by atoms with E-state index in [1.807, 2.05) is 37.9 Å². The fourth-order valence-electron chi connectivity index (χ4n) is 1.24. The van der Waals surface area contributed by atoms with Gasteiger partial charge in [-0.1, -0.05) is 32.1 Å². The molecule has 0 aliphatic carbocycles. The lowest BCUT2D eigenvalue weighted by Crippen LogP contribution is -1.84. The van der Waals surface area contributed by atoms with Gasteiger partial charge in [-0.3, -0.25) is 0 Å². The van der Waals surface area contributed by atoms with Gasteiger partial charge in [-0.2, -0.15) is 0 Å². The molecule has 0 atom stereocenters. The number of aromatic hydroxyl groups is 1. The lowest BCUT2D eigenvalue weighted by atomic mass is 10.2. The Kier molecular flexibility index (Phi) is 4.16. The first-order valence-electron chi connectivity index (χ1n) is 5.15. The average molecular weight is 224 g/mol. The van der Waals surface area contributed by atoms with Gasteiger partial charge >= 0.3 is 0 Å². The molecule has 0 bridgehead atoms. The van der Waals surface area contributed by atoms with Gasteiger partial charge in [-0.25, -0.2) is 0 Å². The summed E-state index contributed by atoms with van der Waals surface area (Å²) in [5.74, 6) is 2.07. The van der Waals surface area contributed by atoms with Crippen LogP contribution in [-0.4, -0.2) is 17.4 Å². The van der Waals surface area contributed by atoms with Crippen LogP contribution in [0.3, 0.4) is 0 Å². The highest BCUT2D eigenvalue weighted by molar-refractivity contribution is 7.67.